The highest BCUT2D eigenvalue weighted by Crippen LogP contribution is 2.35. The van der Waals surface area contributed by atoms with Crippen LogP contribution < -0.4 is 10.2 Å². The number of anilines is 2. The molecular formula is C20H17N3O3S. The minimum atomic E-state index is -0.482. The third-order valence-electron chi connectivity index (χ3n) is 4.33. The monoisotopic (exact) mass is 379 g/mol. The number of benzene rings is 2. The number of hydrogen-bond acceptors (Lipinski definition) is 4. The fourth-order valence-electron chi connectivity index (χ4n) is 3.16. The zero-order chi connectivity index (χ0) is 19.0. The minimum absolute atomic E-state index is 0.149. The fourth-order valence-corrected chi connectivity index (χ4v) is 4.27. The van der Waals surface area contributed by atoms with E-state index in [9.17, 15) is 14.4 Å². The van der Waals surface area contributed by atoms with Crippen LogP contribution in [0.4, 0.5) is 11.4 Å². The van der Waals surface area contributed by atoms with Crippen molar-refractivity contribution in [3.8, 4) is 0 Å². The van der Waals surface area contributed by atoms with Gasteiger partial charge in [0.2, 0.25) is 17.7 Å². The molecule has 2 aromatic carbocycles. The van der Waals surface area contributed by atoms with Crippen LogP contribution >= 0.6 is 11.8 Å². The van der Waals surface area contributed by atoms with Crippen LogP contribution in [0.1, 0.15) is 13.3 Å². The average molecular weight is 379 g/mol. The zero-order valence-corrected chi connectivity index (χ0v) is 15.4. The molecule has 1 aliphatic heterocycles. The van der Waals surface area contributed by atoms with E-state index in [0.29, 0.717) is 11.4 Å². The van der Waals surface area contributed by atoms with Gasteiger partial charge in [-0.15, -0.1) is 11.8 Å². The van der Waals surface area contributed by atoms with E-state index < -0.39 is 5.25 Å². The largest absolute Gasteiger partial charge is 0.361 e. The zero-order valence-electron chi connectivity index (χ0n) is 14.6. The van der Waals surface area contributed by atoms with Crippen LogP contribution in [0.5, 0.6) is 0 Å². The molecule has 0 bridgehead atoms. The summed E-state index contributed by atoms with van der Waals surface area (Å²) in [6, 6.07) is 14.7. The van der Waals surface area contributed by atoms with Gasteiger partial charge in [-0.1, -0.05) is 12.1 Å². The maximum Gasteiger partial charge on any atom is 0.247 e. The molecule has 0 radical (unpaired) electrons. The number of rotatable bonds is 4. The van der Waals surface area contributed by atoms with Crippen LogP contribution in [0.3, 0.4) is 0 Å². The van der Waals surface area contributed by atoms with Crippen molar-refractivity contribution < 1.29 is 14.4 Å². The quantitative estimate of drug-likeness (QED) is 0.679. The van der Waals surface area contributed by atoms with Crippen LogP contribution in [0.2, 0.25) is 0 Å². The summed E-state index contributed by atoms with van der Waals surface area (Å²) in [5, 5.41) is 3.27. The molecule has 1 unspecified atom stereocenters. The third kappa shape index (κ3) is 3.46. The number of aromatic amines is 1. The predicted molar refractivity (Wildman–Crippen MR) is 106 cm³/mol. The topological polar surface area (TPSA) is 82.3 Å². The van der Waals surface area contributed by atoms with Gasteiger partial charge in [-0.3, -0.25) is 14.4 Å². The van der Waals surface area contributed by atoms with Gasteiger partial charge in [0.15, 0.2) is 0 Å². The van der Waals surface area contributed by atoms with Crippen molar-refractivity contribution in [1.82, 2.24) is 4.98 Å². The summed E-state index contributed by atoms with van der Waals surface area (Å²) in [6.07, 6.45) is 1.97. The van der Waals surface area contributed by atoms with E-state index in [1.165, 1.54) is 23.6 Å². The average Bonchev–Trinajstić information content (AvgIpc) is 3.18. The first-order valence-corrected chi connectivity index (χ1v) is 9.37. The highest BCUT2D eigenvalue weighted by Gasteiger charge is 2.40. The van der Waals surface area contributed by atoms with Crippen LogP contribution in [-0.2, 0) is 14.4 Å². The Balaban J connectivity index is 1.55. The van der Waals surface area contributed by atoms with E-state index in [1.54, 1.807) is 18.2 Å². The second-order valence-corrected chi connectivity index (χ2v) is 7.61. The smallest absolute Gasteiger partial charge is 0.247 e. The molecular weight excluding hydrogens is 362 g/mol. The summed E-state index contributed by atoms with van der Waals surface area (Å²) >= 11 is 1.34. The first-order valence-electron chi connectivity index (χ1n) is 8.49. The van der Waals surface area contributed by atoms with Gasteiger partial charge in [-0.05, 0) is 41.8 Å². The van der Waals surface area contributed by atoms with Crippen LogP contribution in [0, 0.1) is 0 Å². The summed E-state index contributed by atoms with van der Waals surface area (Å²) in [5.41, 5.74) is 2.13. The van der Waals surface area contributed by atoms with Crippen LogP contribution in [0.15, 0.2) is 59.6 Å². The van der Waals surface area contributed by atoms with Crippen molar-refractivity contribution >= 4 is 51.8 Å². The van der Waals surface area contributed by atoms with E-state index in [4.69, 9.17) is 0 Å². The van der Waals surface area contributed by atoms with E-state index in [0.717, 1.165) is 15.8 Å². The molecule has 2 heterocycles. The first kappa shape index (κ1) is 17.4. The molecule has 1 saturated heterocycles. The summed E-state index contributed by atoms with van der Waals surface area (Å²) in [6.45, 7) is 1.44. The van der Waals surface area contributed by atoms with E-state index >= 15 is 0 Å². The molecule has 136 valence electrons. The minimum Gasteiger partial charge on any atom is -0.361 e. The van der Waals surface area contributed by atoms with Gasteiger partial charge in [0, 0.05) is 35.6 Å². The summed E-state index contributed by atoms with van der Waals surface area (Å²) in [4.78, 5) is 41.8. The highest BCUT2D eigenvalue weighted by atomic mass is 32.2. The number of thioether (sulfide) groups is 1. The Labute approximate surface area is 159 Å². The standard InChI is InChI=1S/C20H17N3O3S/c1-12(24)22-14-3-2-4-16(9-14)27-18-11-19(25)23(20(18)26)15-6-5-13-7-8-21-17(13)10-15/h2-10,18,21H,11H2,1H3,(H,22,24). The number of carbonyl (C=O) groups is 3. The Hall–Kier alpha value is -3.06. The van der Waals surface area contributed by atoms with Crippen molar-refractivity contribution in [2.45, 2.75) is 23.5 Å². The van der Waals surface area contributed by atoms with Gasteiger partial charge in [-0.2, -0.15) is 0 Å². The van der Waals surface area contributed by atoms with Crippen LogP contribution in [0.25, 0.3) is 10.9 Å². The molecule has 7 heteroatoms. The predicted octanol–water partition coefficient (Wildman–Crippen LogP) is 3.55. The lowest BCUT2D eigenvalue weighted by atomic mass is 10.2. The molecule has 3 aromatic rings. The number of H-pyrrole nitrogens is 1. The van der Waals surface area contributed by atoms with Crippen molar-refractivity contribution in [2.24, 2.45) is 0 Å². The Morgan fingerprint density at radius 1 is 1.19 bits per heavy atom. The van der Waals surface area contributed by atoms with Crippen molar-refractivity contribution in [3.63, 3.8) is 0 Å². The maximum atomic E-state index is 12.9. The molecule has 4 rings (SSSR count). The Morgan fingerprint density at radius 2 is 2.04 bits per heavy atom. The number of nitrogens with one attached hydrogen (secondary N) is 2. The van der Waals surface area contributed by atoms with Crippen molar-refractivity contribution in [2.75, 3.05) is 10.2 Å². The molecule has 1 aromatic heterocycles. The number of fused-ring (bicyclic) bond motifs is 1. The lowest BCUT2D eigenvalue weighted by Gasteiger charge is -2.15. The lowest BCUT2D eigenvalue weighted by molar-refractivity contribution is -0.121. The van der Waals surface area contributed by atoms with Gasteiger partial charge in [0.1, 0.15) is 0 Å². The van der Waals surface area contributed by atoms with Crippen molar-refractivity contribution in [1.29, 1.82) is 0 Å². The first-order chi connectivity index (χ1) is 13.0. The molecule has 0 saturated carbocycles. The molecule has 27 heavy (non-hydrogen) atoms. The second kappa shape index (κ2) is 6.92. The van der Waals surface area contributed by atoms with Gasteiger partial charge in [0.05, 0.1) is 10.9 Å². The van der Waals surface area contributed by atoms with Gasteiger partial charge in [0.25, 0.3) is 0 Å². The lowest BCUT2D eigenvalue weighted by Crippen LogP contribution is -2.31. The number of hydrogen-bond donors (Lipinski definition) is 2. The molecule has 0 aliphatic carbocycles. The van der Waals surface area contributed by atoms with E-state index in [1.807, 2.05) is 36.5 Å². The fraction of sp³-hybridized carbons (Fsp3) is 0.150. The number of imide groups is 1. The Morgan fingerprint density at radius 3 is 2.85 bits per heavy atom. The summed E-state index contributed by atoms with van der Waals surface area (Å²) in [7, 11) is 0. The molecule has 0 spiro atoms. The van der Waals surface area contributed by atoms with E-state index in [-0.39, 0.29) is 24.1 Å². The molecule has 2 N–H and O–H groups in total. The number of nitrogens with zero attached hydrogens (tertiary/aromatic N) is 1. The maximum absolute atomic E-state index is 12.9. The van der Waals surface area contributed by atoms with Gasteiger partial charge < -0.3 is 10.3 Å². The SMILES string of the molecule is CC(=O)Nc1cccc(SC2CC(=O)N(c3ccc4cc[nH]c4c3)C2=O)c1. The van der Waals surface area contributed by atoms with E-state index in [2.05, 4.69) is 10.3 Å². The molecule has 1 fully saturated rings. The Bertz CT molecular complexity index is 1060. The van der Waals surface area contributed by atoms with Gasteiger partial charge >= 0.3 is 0 Å². The molecule has 3 amide bonds. The normalized spacial score (nSPS) is 16.9. The number of aromatic nitrogens is 1. The van der Waals surface area contributed by atoms with Crippen molar-refractivity contribution in [3.05, 3.63) is 54.7 Å². The highest BCUT2D eigenvalue weighted by molar-refractivity contribution is 8.00. The molecule has 1 aliphatic rings. The number of amides is 3. The third-order valence-corrected chi connectivity index (χ3v) is 5.51. The second-order valence-electron chi connectivity index (χ2n) is 6.34. The summed E-state index contributed by atoms with van der Waals surface area (Å²) in [5.74, 6) is -0.586. The van der Waals surface area contributed by atoms with Gasteiger partial charge in [-0.25, -0.2) is 4.90 Å². The number of carbonyl (C=O) groups excluding carboxylic acids is 3. The Kier molecular flexibility index (Phi) is 4.45. The summed E-state index contributed by atoms with van der Waals surface area (Å²) < 4.78 is 0. The molecule has 6 nitrogen and oxygen atoms in total. The molecule has 1 atom stereocenters. The van der Waals surface area contributed by atoms with Crippen LogP contribution in [-0.4, -0.2) is 28.0 Å².